The second-order valence-electron chi connectivity index (χ2n) is 5.57. The van der Waals surface area contributed by atoms with Gasteiger partial charge in [-0.15, -0.1) is 0 Å². The molecule has 0 spiro atoms. The Labute approximate surface area is 111 Å². The van der Waals surface area contributed by atoms with E-state index in [0.717, 1.165) is 12.3 Å². The number of nitrogens with one attached hydrogen (secondary N) is 1. The molecule has 0 saturated carbocycles. The van der Waals surface area contributed by atoms with Crippen LogP contribution >= 0.6 is 0 Å². The molecule has 0 unspecified atom stereocenters. The van der Waals surface area contributed by atoms with Gasteiger partial charge in [-0.3, -0.25) is 0 Å². The molecule has 0 bridgehead atoms. The molecule has 3 N–H and O–H groups in total. The summed E-state index contributed by atoms with van der Waals surface area (Å²) in [6, 6.07) is 2.11. The molecule has 0 radical (unpaired) electrons. The lowest BCUT2D eigenvalue weighted by Gasteiger charge is -2.26. The summed E-state index contributed by atoms with van der Waals surface area (Å²) in [6.45, 7) is 12.1. The Morgan fingerprint density at radius 2 is 1.83 bits per heavy atom. The molecule has 0 aliphatic heterocycles. The molecule has 102 valence electrons. The van der Waals surface area contributed by atoms with Gasteiger partial charge in [0.1, 0.15) is 5.75 Å². The van der Waals surface area contributed by atoms with Crippen LogP contribution in [-0.2, 0) is 6.54 Å². The average molecular weight is 250 g/mol. The van der Waals surface area contributed by atoms with Crippen LogP contribution in [0.25, 0.3) is 0 Å². The summed E-state index contributed by atoms with van der Waals surface area (Å²) in [5, 5.41) is 3.51. The third-order valence-electron chi connectivity index (χ3n) is 3.68. The second kappa shape index (κ2) is 5.72. The van der Waals surface area contributed by atoms with Crippen LogP contribution < -0.4 is 15.8 Å². The zero-order valence-corrected chi connectivity index (χ0v) is 12.5. The first kappa shape index (κ1) is 15.0. The van der Waals surface area contributed by atoms with Gasteiger partial charge in [0.15, 0.2) is 0 Å². The SMILES string of the molecule is COc1cc(C)c(CNC(C)(C)CN)c(C)c1C. The molecule has 18 heavy (non-hydrogen) atoms. The molecule has 0 atom stereocenters. The normalized spacial score (nSPS) is 11.7. The Bertz CT molecular complexity index is 425. The summed E-state index contributed by atoms with van der Waals surface area (Å²) in [5.41, 5.74) is 10.8. The molecule has 0 fully saturated rings. The molecule has 0 aromatic heterocycles. The van der Waals surface area contributed by atoms with Crippen LogP contribution in [0.5, 0.6) is 5.75 Å². The lowest BCUT2D eigenvalue weighted by Crippen LogP contribution is -2.45. The smallest absolute Gasteiger partial charge is 0.122 e. The lowest BCUT2D eigenvalue weighted by molar-refractivity contribution is 0.394. The highest BCUT2D eigenvalue weighted by atomic mass is 16.5. The van der Waals surface area contributed by atoms with Crippen molar-refractivity contribution in [3.05, 3.63) is 28.3 Å². The summed E-state index contributed by atoms with van der Waals surface area (Å²) in [7, 11) is 1.72. The van der Waals surface area contributed by atoms with Crippen molar-refractivity contribution in [1.29, 1.82) is 0 Å². The van der Waals surface area contributed by atoms with E-state index in [1.807, 2.05) is 0 Å². The van der Waals surface area contributed by atoms with E-state index in [4.69, 9.17) is 10.5 Å². The highest BCUT2D eigenvalue weighted by molar-refractivity contribution is 5.48. The first-order chi connectivity index (χ1) is 8.32. The van der Waals surface area contributed by atoms with Crippen LogP contribution in [0.4, 0.5) is 0 Å². The number of rotatable bonds is 5. The van der Waals surface area contributed by atoms with E-state index in [1.54, 1.807) is 7.11 Å². The fraction of sp³-hybridized carbons (Fsp3) is 0.600. The van der Waals surface area contributed by atoms with E-state index in [-0.39, 0.29) is 5.54 Å². The van der Waals surface area contributed by atoms with E-state index in [9.17, 15) is 0 Å². The third-order valence-corrected chi connectivity index (χ3v) is 3.68. The maximum absolute atomic E-state index is 5.74. The minimum Gasteiger partial charge on any atom is -0.496 e. The number of ether oxygens (including phenoxy) is 1. The standard InChI is InChI=1S/C15H26N2O/c1-10-7-14(18-6)12(3)11(2)13(10)8-17-15(4,5)9-16/h7,17H,8-9,16H2,1-6H3. The first-order valence-corrected chi connectivity index (χ1v) is 6.41. The van der Waals surface area contributed by atoms with Crippen LogP contribution in [0.15, 0.2) is 6.07 Å². The van der Waals surface area contributed by atoms with Gasteiger partial charge in [0.2, 0.25) is 0 Å². The highest BCUT2D eigenvalue weighted by Crippen LogP contribution is 2.27. The number of nitrogens with two attached hydrogens (primary N) is 1. The van der Waals surface area contributed by atoms with Crippen LogP contribution in [0.2, 0.25) is 0 Å². The Morgan fingerprint density at radius 3 is 2.33 bits per heavy atom. The summed E-state index contributed by atoms with van der Waals surface area (Å²) < 4.78 is 5.39. The molecule has 0 saturated heterocycles. The van der Waals surface area contributed by atoms with Crippen molar-refractivity contribution in [2.45, 2.75) is 46.7 Å². The van der Waals surface area contributed by atoms with Crippen LogP contribution in [0, 0.1) is 20.8 Å². The highest BCUT2D eigenvalue weighted by Gasteiger charge is 2.16. The van der Waals surface area contributed by atoms with Gasteiger partial charge in [-0.2, -0.15) is 0 Å². The van der Waals surface area contributed by atoms with Gasteiger partial charge in [-0.1, -0.05) is 0 Å². The maximum atomic E-state index is 5.74. The zero-order chi connectivity index (χ0) is 13.9. The van der Waals surface area contributed by atoms with Gasteiger partial charge >= 0.3 is 0 Å². The van der Waals surface area contributed by atoms with Crippen molar-refractivity contribution >= 4 is 0 Å². The molecule has 1 rings (SSSR count). The minimum atomic E-state index is -0.0350. The molecule has 0 aliphatic carbocycles. The number of hydrogen-bond donors (Lipinski definition) is 2. The largest absolute Gasteiger partial charge is 0.496 e. The molecule has 1 aromatic rings. The zero-order valence-electron chi connectivity index (χ0n) is 12.5. The van der Waals surface area contributed by atoms with E-state index in [2.05, 4.69) is 46.0 Å². The van der Waals surface area contributed by atoms with Crippen LogP contribution in [0.3, 0.4) is 0 Å². The van der Waals surface area contributed by atoms with Crippen molar-refractivity contribution in [2.75, 3.05) is 13.7 Å². The number of methoxy groups -OCH3 is 1. The van der Waals surface area contributed by atoms with E-state index >= 15 is 0 Å². The summed E-state index contributed by atoms with van der Waals surface area (Å²) in [4.78, 5) is 0. The van der Waals surface area contributed by atoms with Crippen LogP contribution in [0.1, 0.15) is 36.1 Å². The summed E-state index contributed by atoms with van der Waals surface area (Å²) >= 11 is 0. The van der Waals surface area contributed by atoms with E-state index < -0.39 is 0 Å². The number of aryl methyl sites for hydroxylation is 1. The van der Waals surface area contributed by atoms with Gasteiger partial charge in [-0.25, -0.2) is 0 Å². The molecular weight excluding hydrogens is 224 g/mol. The predicted molar refractivity (Wildman–Crippen MR) is 77.2 cm³/mol. The Hall–Kier alpha value is -1.06. The van der Waals surface area contributed by atoms with E-state index in [0.29, 0.717) is 6.54 Å². The Morgan fingerprint density at radius 1 is 1.22 bits per heavy atom. The summed E-state index contributed by atoms with van der Waals surface area (Å²) in [6.07, 6.45) is 0. The molecule has 0 aliphatic rings. The first-order valence-electron chi connectivity index (χ1n) is 6.41. The van der Waals surface area contributed by atoms with Gasteiger partial charge in [0.25, 0.3) is 0 Å². The van der Waals surface area contributed by atoms with Gasteiger partial charge < -0.3 is 15.8 Å². The third kappa shape index (κ3) is 3.24. The van der Waals surface area contributed by atoms with Crippen molar-refractivity contribution in [3.63, 3.8) is 0 Å². The van der Waals surface area contributed by atoms with E-state index in [1.165, 1.54) is 22.3 Å². The predicted octanol–water partition coefficient (Wildman–Crippen LogP) is 2.45. The monoisotopic (exact) mass is 250 g/mol. The van der Waals surface area contributed by atoms with Crippen LogP contribution in [-0.4, -0.2) is 19.2 Å². The fourth-order valence-corrected chi connectivity index (χ4v) is 1.98. The quantitative estimate of drug-likeness (QED) is 0.844. The minimum absolute atomic E-state index is 0.0350. The maximum Gasteiger partial charge on any atom is 0.122 e. The van der Waals surface area contributed by atoms with Crippen molar-refractivity contribution in [2.24, 2.45) is 5.73 Å². The molecule has 0 amide bonds. The number of benzene rings is 1. The lowest BCUT2D eigenvalue weighted by atomic mass is 9.96. The van der Waals surface area contributed by atoms with Crippen molar-refractivity contribution in [3.8, 4) is 5.75 Å². The topological polar surface area (TPSA) is 47.3 Å². The Kier molecular flexibility index (Phi) is 4.77. The van der Waals surface area contributed by atoms with Crippen molar-refractivity contribution in [1.82, 2.24) is 5.32 Å². The fourth-order valence-electron chi connectivity index (χ4n) is 1.98. The van der Waals surface area contributed by atoms with Gasteiger partial charge in [-0.05, 0) is 62.9 Å². The molecule has 1 aromatic carbocycles. The van der Waals surface area contributed by atoms with Crippen molar-refractivity contribution < 1.29 is 4.74 Å². The number of hydrogen-bond acceptors (Lipinski definition) is 3. The Balaban J connectivity index is 3.00. The van der Waals surface area contributed by atoms with Gasteiger partial charge in [0.05, 0.1) is 7.11 Å². The molecular formula is C15H26N2O. The molecule has 3 heteroatoms. The average Bonchev–Trinajstić information content (AvgIpc) is 2.33. The second-order valence-corrected chi connectivity index (χ2v) is 5.57. The van der Waals surface area contributed by atoms with Gasteiger partial charge in [0, 0.05) is 18.6 Å². The molecule has 3 nitrogen and oxygen atoms in total. The molecule has 0 heterocycles. The summed E-state index contributed by atoms with van der Waals surface area (Å²) in [5.74, 6) is 0.965.